The summed E-state index contributed by atoms with van der Waals surface area (Å²) in [5, 5.41) is 12.8. The number of aliphatic carboxylic acids is 1. The SMILES string of the molecule is Cc1noc(C)c1COc1ccc(CC(=O)N(CC(=O)O)C(C)C)cc1. The molecule has 0 fully saturated rings. The fourth-order valence-electron chi connectivity index (χ4n) is 2.55. The molecule has 1 amide bonds. The van der Waals surface area contributed by atoms with Crippen LogP contribution >= 0.6 is 0 Å². The minimum atomic E-state index is -1.02. The van der Waals surface area contributed by atoms with E-state index in [4.69, 9.17) is 14.4 Å². The summed E-state index contributed by atoms with van der Waals surface area (Å²) in [6, 6.07) is 7.02. The zero-order chi connectivity index (χ0) is 19.3. The molecule has 0 radical (unpaired) electrons. The summed E-state index contributed by atoms with van der Waals surface area (Å²) in [5.41, 5.74) is 2.53. The Morgan fingerprint density at radius 3 is 2.38 bits per heavy atom. The number of hydrogen-bond donors (Lipinski definition) is 1. The topological polar surface area (TPSA) is 92.9 Å². The first kappa shape index (κ1) is 19.5. The van der Waals surface area contributed by atoms with Crippen LogP contribution in [0.25, 0.3) is 0 Å². The van der Waals surface area contributed by atoms with E-state index in [1.807, 2.05) is 13.8 Å². The standard InChI is InChI=1S/C19H24N2O5/c1-12(2)21(10-19(23)24)18(22)9-15-5-7-16(8-6-15)25-11-17-13(3)20-26-14(17)4/h5-8,12H,9-11H2,1-4H3,(H,23,24). The molecule has 1 aromatic carbocycles. The number of aryl methyl sites for hydroxylation is 2. The minimum absolute atomic E-state index is 0.148. The Kier molecular flexibility index (Phi) is 6.38. The molecule has 0 atom stereocenters. The lowest BCUT2D eigenvalue weighted by molar-refractivity contribution is -0.145. The quantitative estimate of drug-likeness (QED) is 0.778. The molecule has 0 saturated carbocycles. The molecule has 0 aliphatic heterocycles. The third-order valence-corrected chi connectivity index (χ3v) is 4.09. The highest BCUT2D eigenvalue weighted by Crippen LogP contribution is 2.18. The van der Waals surface area contributed by atoms with Gasteiger partial charge in [-0.1, -0.05) is 17.3 Å². The second-order valence-electron chi connectivity index (χ2n) is 6.42. The lowest BCUT2D eigenvalue weighted by Gasteiger charge is -2.25. The number of amides is 1. The average Bonchev–Trinajstić information content (AvgIpc) is 2.90. The number of rotatable bonds is 8. The van der Waals surface area contributed by atoms with E-state index < -0.39 is 5.97 Å². The van der Waals surface area contributed by atoms with Gasteiger partial charge < -0.3 is 19.3 Å². The van der Waals surface area contributed by atoms with E-state index in [-0.39, 0.29) is 24.9 Å². The second-order valence-corrected chi connectivity index (χ2v) is 6.42. The Morgan fingerprint density at radius 1 is 1.23 bits per heavy atom. The maximum absolute atomic E-state index is 12.3. The molecule has 1 heterocycles. The Hall–Kier alpha value is -2.83. The van der Waals surface area contributed by atoms with Gasteiger partial charge in [0.25, 0.3) is 0 Å². The van der Waals surface area contributed by atoms with Crippen molar-refractivity contribution < 1.29 is 24.0 Å². The molecule has 0 unspecified atom stereocenters. The number of hydrogen-bond acceptors (Lipinski definition) is 5. The molecule has 1 aromatic heterocycles. The van der Waals surface area contributed by atoms with E-state index in [9.17, 15) is 9.59 Å². The molecule has 0 bridgehead atoms. The summed E-state index contributed by atoms with van der Waals surface area (Å²) in [6.45, 7) is 7.36. The maximum atomic E-state index is 12.3. The third kappa shape index (κ3) is 5.08. The van der Waals surface area contributed by atoms with E-state index in [0.29, 0.717) is 12.4 Å². The van der Waals surface area contributed by atoms with E-state index >= 15 is 0 Å². The number of nitrogens with zero attached hydrogens (tertiary/aromatic N) is 2. The highest BCUT2D eigenvalue weighted by molar-refractivity contribution is 5.83. The normalized spacial score (nSPS) is 10.8. The maximum Gasteiger partial charge on any atom is 0.323 e. The smallest absolute Gasteiger partial charge is 0.323 e. The predicted molar refractivity (Wildman–Crippen MR) is 94.9 cm³/mol. The first-order valence-electron chi connectivity index (χ1n) is 8.42. The monoisotopic (exact) mass is 360 g/mol. The van der Waals surface area contributed by atoms with Crippen molar-refractivity contribution in [3.8, 4) is 5.75 Å². The van der Waals surface area contributed by atoms with Gasteiger partial charge in [0.15, 0.2) is 0 Å². The molecule has 26 heavy (non-hydrogen) atoms. The van der Waals surface area contributed by atoms with Crippen LogP contribution in [0.2, 0.25) is 0 Å². The van der Waals surface area contributed by atoms with E-state index in [1.54, 1.807) is 38.1 Å². The zero-order valence-corrected chi connectivity index (χ0v) is 15.5. The number of aromatic nitrogens is 1. The number of benzene rings is 1. The minimum Gasteiger partial charge on any atom is -0.489 e. The van der Waals surface area contributed by atoms with Crippen molar-refractivity contribution in [1.29, 1.82) is 0 Å². The van der Waals surface area contributed by atoms with Crippen LogP contribution in [0.15, 0.2) is 28.8 Å². The van der Waals surface area contributed by atoms with Gasteiger partial charge in [-0.2, -0.15) is 0 Å². The van der Waals surface area contributed by atoms with Gasteiger partial charge >= 0.3 is 5.97 Å². The number of carbonyl (C=O) groups is 2. The Labute approximate surface area is 152 Å². The van der Waals surface area contributed by atoms with Crippen molar-refractivity contribution in [3.05, 3.63) is 46.8 Å². The van der Waals surface area contributed by atoms with E-state index in [1.165, 1.54) is 4.90 Å². The predicted octanol–water partition coefficient (Wildman–Crippen LogP) is 2.73. The van der Waals surface area contributed by atoms with E-state index in [2.05, 4.69) is 5.16 Å². The van der Waals surface area contributed by atoms with Gasteiger partial charge in [0.05, 0.1) is 17.7 Å². The van der Waals surface area contributed by atoms with Crippen molar-refractivity contribution in [3.63, 3.8) is 0 Å². The van der Waals surface area contributed by atoms with Gasteiger partial charge in [-0.3, -0.25) is 9.59 Å². The third-order valence-electron chi connectivity index (χ3n) is 4.09. The molecule has 1 N–H and O–H groups in total. The summed E-state index contributed by atoms with van der Waals surface area (Å²) in [4.78, 5) is 24.6. The van der Waals surface area contributed by atoms with Crippen LogP contribution in [0.4, 0.5) is 0 Å². The molecule has 0 spiro atoms. The molecule has 2 rings (SSSR count). The lowest BCUT2D eigenvalue weighted by Crippen LogP contribution is -2.41. The van der Waals surface area contributed by atoms with Crippen LogP contribution in [0.3, 0.4) is 0 Å². The molecule has 0 saturated heterocycles. The fourth-order valence-corrected chi connectivity index (χ4v) is 2.55. The summed E-state index contributed by atoms with van der Waals surface area (Å²) in [7, 11) is 0. The molecule has 140 valence electrons. The first-order valence-corrected chi connectivity index (χ1v) is 8.42. The Morgan fingerprint density at radius 2 is 1.88 bits per heavy atom. The largest absolute Gasteiger partial charge is 0.489 e. The van der Waals surface area contributed by atoms with Crippen molar-refractivity contribution in [1.82, 2.24) is 10.1 Å². The number of carboxylic acids is 1. The summed E-state index contributed by atoms with van der Waals surface area (Å²) in [6.07, 6.45) is 0.148. The van der Waals surface area contributed by atoms with Crippen LogP contribution in [0.1, 0.15) is 36.4 Å². The van der Waals surface area contributed by atoms with Gasteiger partial charge in [0.2, 0.25) is 5.91 Å². The highest BCUT2D eigenvalue weighted by atomic mass is 16.5. The van der Waals surface area contributed by atoms with Gasteiger partial charge in [-0.25, -0.2) is 0 Å². The number of carboxylic acid groups (broad SMARTS) is 1. The zero-order valence-electron chi connectivity index (χ0n) is 15.5. The Bertz CT molecular complexity index is 745. The summed E-state index contributed by atoms with van der Waals surface area (Å²) >= 11 is 0. The molecular weight excluding hydrogens is 336 g/mol. The number of ether oxygens (including phenoxy) is 1. The lowest BCUT2D eigenvalue weighted by atomic mass is 10.1. The van der Waals surface area contributed by atoms with Crippen LogP contribution in [-0.4, -0.2) is 39.6 Å². The van der Waals surface area contributed by atoms with Crippen molar-refractivity contribution in [2.24, 2.45) is 0 Å². The average molecular weight is 360 g/mol. The molecule has 0 aliphatic carbocycles. The summed E-state index contributed by atoms with van der Waals surface area (Å²) < 4.78 is 10.8. The van der Waals surface area contributed by atoms with Crippen molar-refractivity contribution in [2.75, 3.05) is 6.54 Å². The van der Waals surface area contributed by atoms with E-state index in [0.717, 1.165) is 22.6 Å². The first-order chi connectivity index (χ1) is 12.3. The fraction of sp³-hybridized carbons (Fsp3) is 0.421. The van der Waals surface area contributed by atoms with Gasteiger partial charge in [0, 0.05) is 6.04 Å². The molecule has 7 nitrogen and oxygen atoms in total. The van der Waals surface area contributed by atoms with Crippen molar-refractivity contribution >= 4 is 11.9 Å². The van der Waals surface area contributed by atoms with Gasteiger partial charge in [0.1, 0.15) is 24.7 Å². The highest BCUT2D eigenvalue weighted by Gasteiger charge is 2.20. The Balaban J connectivity index is 1.96. The molecule has 2 aromatic rings. The van der Waals surface area contributed by atoms with Crippen LogP contribution in [0, 0.1) is 13.8 Å². The van der Waals surface area contributed by atoms with Crippen LogP contribution in [0.5, 0.6) is 5.75 Å². The molecular formula is C19H24N2O5. The molecule has 7 heteroatoms. The summed E-state index contributed by atoms with van der Waals surface area (Å²) in [5.74, 6) is 0.172. The van der Waals surface area contributed by atoms with Gasteiger partial charge in [-0.05, 0) is 45.4 Å². The van der Waals surface area contributed by atoms with Gasteiger partial charge in [-0.15, -0.1) is 0 Å². The molecule has 0 aliphatic rings. The number of carbonyl (C=O) groups excluding carboxylic acids is 1. The van der Waals surface area contributed by atoms with Crippen molar-refractivity contribution in [2.45, 2.75) is 46.8 Å². The van der Waals surface area contributed by atoms with Crippen LogP contribution < -0.4 is 4.74 Å². The van der Waals surface area contributed by atoms with Crippen LogP contribution in [-0.2, 0) is 22.6 Å². The second kappa shape index (κ2) is 8.51.